The van der Waals surface area contributed by atoms with Crippen LogP contribution in [0.4, 0.5) is 0 Å². The van der Waals surface area contributed by atoms with Gasteiger partial charge in [0.05, 0.1) is 5.70 Å². The maximum Gasteiger partial charge on any atom is 0.0682 e. The van der Waals surface area contributed by atoms with E-state index in [0.717, 1.165) is 12.1 Å². The number of rotatable bonds is 3. The molecule has 0 atom stereocenters. The second-order valence-electron chi connectivity index (χ2n) is 7.02. The van der Waals surface area contributed by atoms with E-state index in [2.05, 4.69) is 69.5 Å². The SMILES string of the molecule is CC1=C(C)/C(=C/c2[nH]c(Cc3[nH]c(C)c(C)c3C)c(C)c2C)N=C1. The molecule has 0 saturated carbocycles. The third-order valence-corrected chi connectivity index (χ3v) is 5.63. The maximum absolute atomic E-state index is 4.52. The first-order valence-corrected chi connectivity index (χ1v) is 8.55. The van der Waals surface area contributed by atoms with Gasteiger partial charge in [-0.3, -0.25) is 4.99 Å². The van der Waals surface area contributed by atoms with Gasteiger partial charge in [-0.05, 0) is 87.9 Å². The molecule has 0 saturated heterocycles. The van der Waals surface area contributed by atoms with Crippen LogP contribution in [0.15, 0.2) is 21.8 Å². The van der Waals surface area contributed by atoms with Gasteiger partial charge >= 0.3 is 0 Å². The van der Waals surface area contributed by atoms with E-state index < -0.39 is 0 Å². The molecule has 126 valence electrons. The van der Waals surface area contributed by atoms with Crippen LogP contribution < -0.4 is 0 Å². The number of nitrogens with one attached hydrogen (secondary N) is 2. The summed E-state index contributed by atoms with van der Waals surface area (Å²) in [7, 11) is 0. The van der Waals surface area contributed by atoms with Gasteiger partial charge in [0, 0.05) is 35.4 Å². The van der Waals surface area contributed by atoms with Crippen LogP contribution in [0, 0.1) is 34.6 Å². The predicted octanol–water partition coefficient (Wildman–Crippen LogP) is 5.24. The van der Waals surface area contributed by atoms with Crippen molar-refractivity contribution in [3.8, 4) is 0 Å². The molecule has 1 aliphatic rings. The Hall–Kier alpha value is -2.29. The van der Waals surface area contributed by atoms with Crippen LogP contribution in [0.5, 0.6) is 0 Å². The van der Waals surface area contributed by atoms with Gasteiger partial charge in [0.25, 0.3) is 0 Å². The van der Waals surface area contributed by atoms with Gasteiger partial charge < -0.3 is 9.97 Å². The molecule has 0 bridgehead atoms. The van der Waals surface area contributed by atoms with E-state index in [-0.39, 0.29) is 0 Å². The lowest BCUT2D eigenvalue weighted by molar-refractivity contribution is 1.01. The highest BCUT2D eigenvalue weighted by atomic mass is 14.8. The van der Waals surface area contributed by atoms with E-state index >= 15 is 0 Å². The number of aryl methyl sites for hydroxylation is 1. The zero-order chi connectivity index (χ0) is 17.6. The molecule has 0 aromatic carbocycles. The summed E-state index contributed by atoms with van der Waals surface area (Å²) < 4.78 is 0. The summed E-state index contributed by atoms with van der Waals surface area (Å²) in [4.78, 5) is 11.7. The van der Waals surface area contributed by atoms with Crippen LogP contribution in [0.2, 0.25) is 0 Å². The van der Waals surface area contributed by atoms with E-state index in [4.69, 9.17) is 0 Å². The highest BCUT2D eigenvalue weighted by molar-refractivity contribution is 5.87. The number of aromatic amines is 2. The molecule has 0 aliphatic carbocycles. The minimum atomic E-state index is 0.910. The van der Waals surface area contributed by atoms with E-state index in [1.54, 1.807) is 0 Å². The molecular formula is C21H27N3. The molecule has 3 nitrogen and oxygen atoms in total. The summed E-state index contributed by atoms with van der Waals surface area (Å²) in [5.74, 6) is 0. The molecule has 1 aliphatic heterocycles. The largest absolute Gasteiger partial charge is 0.362 e. The second kappa shape index (κ2) is 5.97. The lowest BCUT2D eigenvalue weighted by atomic mass is 10.1. The summed E-state index contributed by atoms with van der Waals surface area (Å²) in [6.45, 7) is 15.2. The standard InChI is InChI=1S/C21H27N3/c1-11-10-22-18(12(11)2)8-20-15(5)16(6)21(24-20)9-19-14(4)13(3)17(7)23-19/h8,10,23-24H,9H2,1-7H3/b18-8-. The average molecular weight is 321 g/mol. The van der Waals surface area contributed by atoms with Gasteiger partial charge in [0.1, 0.15) is 0 Å². The van der Waals surface area contributed by atoms with Crippen LogP contribution in [-0.4, -0.2) is 16.2 Å². The van der Waals surface area contributed by atoms with Crippen molar-refractivity contribution in [1.29, 1.82) is 0 Å². The van der Waals surface area contributed by atoms with E-state index in [1.807, 2.05) is 6.21 Å². The van der Waals surface area contributed by atoms with Gasteiger partial charge in [-0.15, -0.1) is 0 Å². The summed E-state index contributed by atoms with van der Waals surface area (Å²) >= 11 is 0. The predicted molar refractivity (Wildman–Crippen MR) is 103 cm³/mol. The molecule has 0 radical (unpaired) electrons. The van der Waals surface area contributed by atoms with E-state index in [1.165, 1.54) is 56.2 Å². The van der Waals surface area contributed by atoms with Crippen molar-refractivity contribution < 1.29 is 0 Å². The molecule has 3 rings (SSSR count). The van der Waals surface area contributed by atoms with Crippen molar-refractivity contribution >= 4 is 12.3 Å². The molecular weight excluding hydrogens is 294 g/mol. The fraction of sp³-hybridized carbons (Fsp3) is 0.381. The molecule has 3 heterocycles. The molecule has 2 N–H and O–H groups in total. The van der Waals surface area contributed by atoms with Crippen molar-refractivity contribution in [3.05, 3.63) is 61.9 Å². The Morgan fingerprint density at radius 3 is 2.00 bits per heavy atom. The Morgan fingerprint density at radius 1 is 0.833 bits per heavy atom. The third kappa shape index (κ3) is 2.68. The quantitative estimate of drug-likeness (QED) is 0.777. The zero-order valence-electron chi connectivity index (χ0n) is 15.8. The number of allylic oxidation sites excluding steroid dienone is 2. The topological polar surface area (TPSA) is 43.9 Å². The summed E-state index contributed by atoms with van der Waals surface area (Å²) in [5.41, 5.74) is 14.0. The number of H-pyrrole nitrogens is 2. The number of aliphatic imine (C=N–C) groups is 1. The van der Waals surface area contributed by atoms with Crippen molar-refractivity contribution in [3.63, 3.8) is 0 Å². The van der Waals surface area contributed by atoms with Gasteiger partial charge in [-0.1, -0.05) is 0 Å². The van der Waals surface area contributed by atoms with Gasteiger partial charge in [0.15, 0.2) is 0 Å². The fourth-order valence-corrected chi connectivity index (χ4v) is 3.22. The molecule has 2 aromatic rings. The van der Waals surface area contributed by atoms with Gasteiger partial charge in [0.2, 0.25) is 0 Å². The lowest BCUT2D eigenvalue weighted by Crippen LogP contribution is -1.94. The third-order valence-electron chi connectivity index (χ3n) is 5.63. The normalized spacial score (nSPS) is 16.0. The van der Waals surface area contributed by atoms with Crippen molar-refractivity contribution in [1.82, 2.24) is 9.97 Å². The molecule has 24 heavy (non-hydrogen) atoms. The van der Waals surface area contributed by atoms with Crippen molar-refractivity contribution in [2.24, 2.45) is 4.99 Å². The highest BCUT2D eigenvalue weighted by Gasteiger charge is 2.15. The first-order chi connectivity index (χ1) is 11.3. The van der Waals surface area contributed by atoms with E-state index in [9.17, 15) is 0 Å². The first-order valence-electron chi connectivity index (χ1n) is 8.55. The summed E-state index contributed by atoms with van der Waals surface area (Å²) in [6, 6.07) is 0. The van der Waals surface area contributed by atoms with Crippen LogP contribution in [0.3, 0.4) is 0 Å². The van der Waals surface area contributed by atoms with E-state index in [0.29, 0.717) is 0 Å². The average Bonchev–Trinajstić information content (AvgIpc) is 3.09. The van der Waals surface area contributed by atoms with Crippen LogP contribution in [-0.2, 0) is 6.42 Å². The molecule has 0 fully saturated rings. The van der Waals surface area contributed by atoms with Crippen LogP contribution in [0.25, 0.3) is 6.08 Å². The number of nitrogens with zero attached hydrogens (tertiary/aromatic N) is 1. The molecule has 2 aromatic heterocycles. The Labute approximate surface area is 144 Å². The van der Waals surface area contributed by atoms with Crippen molar-refractivity contribution in [2.45, 2.75) is 54.9 Å². The molecule has 0 unspecified atom stereocenters. The monoisotopic (exact) mass is 321 g/mol. The second-order valence-corrected chi connectivity index (χ2v) is 7.02. The Balaban J connectivity index is 1.96. The summed E-state index contributed by atoms with van der Waals surface area (Å²) in [5, 5.41) is 0. The molecule has 0 amide bonds. The maximum atomic E-state index is 4.52. The molecule has 0 spiro atoms. The van der Waals surface area contributed by atoms with Crippen molar-refractivity contribution in [2.75, 3.05) is 0 Å². The first kappa shape index (κ1) is 16.6. The number of aromatic nitrogens is 2. The van der Waals surface area contributed by atoms with Crippen LogP contribution in [0.1, 0.15) is 58.9 Å². The fourth-order valence-electron chi connectivity index (χ4n) is 3.22. The minimum absolute atomic E-state index is 0.910. The lowest BCUT2D eigenvalue weighted by Gasteiger charge is -2.01. The number of hydrogen-bond donors (Lipinski definition) is 2. The Kier molecular flexibility index (Phi) is 4.12. The van der Waals surface area contributed by atoms with Crippen LogP contribution >= 0.6 is 0 Å². The van der Waals surface area contributed by atoms with Gasteiger partial charge in [-0.2, -0.15) is 0 Å². The minimum Gasteiger partial charge on any atom is -0.362 e. The number of hydrogen-bond acceptors (Lipinski definition) is 1. The Morgan fingerprint density at radius 2 is 1.46 bits per heavy atom. The summed E-state index contributed by atoms with van der Waals surface area (Å²) in [6.07, 6.45) is 5.03. The van der Waals surface area contributed by atoms with Gasteiger partial charge in [-0.25, -0.2) is 0 Å². The highest BCUT2D eigenvalue weighted by Crippen LogP contribution is 2.28. The zero-order valence-corrected chi connectivity index (χ0v) is 15.8. The Bertz CT molecular complexity index is 898. The molecule has 3 heteroatoms. The smallest absolute Gasteiger partial charge is 0.0682 e.